The average Bonchev–Trinajstić information content (AvgIpc) is 2.97. The number of halogens is 2. The van der Waals surface area contributed by atoms with Crippen molar-refractivity contribution < 1.29 is 23.4 Å². The summed E-state index contributed by atoms with van der Waals surface area (Å²) in [5.41, 5.74) is 9.08. The van der Waals surface area contributed by atoms with Crippen molar-refractivity contribution >= 4 is 22.5 Å². The zero-order chi connectivity index (χ0) is 28.1. The lowest BCUT2D eigenvalue weighted by molar-refractivity contribution is -0.117. The molecular weight excluding hydrogens is 516 g/mol. The number of benzene rings is 2. The third-order valence-electron chi connectivity index (χ3n) is 7.25. The van der Waals surface area contributed by atoms with Crippen LogP contribution in [-0.2, 0) is 16.0 Å². The first kappa shape index (κ1) is 27.7. The summed E-state index contributed by atoms with van der Waals surface area (Å²) in [5, 5.41) is 16.0. The van der Waals surface area contributed by atoms with E-state index in [1.165, 1.54) is 18.3 Å². The van der Waals surface area contributed by atoms with Crippen LogP contribution in [0.25, 0.3) is 10.9 Å². The fraction of sp³-hybridized carbons (Fsp3) is 0.300. The van der Waals surface area contributed by atoms with E-state index in [4.69, 9.17) is 10.5 Å². The fourth-order valence-corrected chi connectivity index (χ4v) is 5.14. The Balaban J connectivity index is 1.40. The Kier molecular flexibility index (Phi) is 8.71. The lowest BCUT2D eigenvalue weighted by atomic mass is 9.83. The first-order valence-corrected chi connectivity index (χ1v) is 13.2. The number of nitrogens with zero attached hydrogens (tertiary/aromatic N) is 2. The second-order valence-electron chi connectivity index (χ2n) is 9.89. The molecule has 2 aromatic carbocycles. The summed E-state index contributed by atoms with van der Waals surface area (Å²) in [7, 11) is 0. The van der Waals surface area contributed by atoms with Gasteiger partial charge in [0, 0.05) is 29.6 Å². The van der Waals surface area contributed by atoms with Gasteiger partial charge in [0.2, 0.25) is 5.91 Å². The zero-order valence-electron chi connectivity index (χ0n) is 21.8. The Bertz CT molecular complexity index is 1470. The minimum absolute atomic E-state index is 0.0198. The molecule has 0 spiro atoms. The van der Waals surface area contributed by atoms with Crippen molar-refractivity contribution in [1.82, 2.24) is 15.3 Å². The first-order valence-electron chi connectivity index (χ1n) is 13.2. The lowest BCUT2D eigenvalue weighted by Crippen LogP contribution is -2.48. The maximum atomic E-state index is 14.9. The van der Waals surface area contributed by atoms with Crippen molar-refractivity contribution in [3.8, 4) is 0 Å². The van der Waals surface area contributed by atoms with Crippen molar-refractivity contribution in [3.63, 3.8) is 0 Å². The molecule has 8 nitrogen and oxygen atoms in total. The van der Waals surface area contributed by atoms with Crippen LogP contribution in [0.2, 0.25) is 0 Å². The Labute approximate surface area is 230 Å². The number of fused-ring (bicyclic) bond motifs is 1. The third kappa shape index (κ3) is 6.15. The monoisotopic (exact) mass is 547 g/mol. The number of rotatable bonds is 9. The van der Waals surface area contributed by atoms with E-state index in [1.807, 2.05) is 24.3 Å². The maximum Gasteiger partial charge on any atom is 0.242 e. The molecule has 1 fully saturated rings. The third-order valence-corrected chi connectivity index (χ3v) is 7.25. The normalized spacial score (nSPS) is 18.8. The van der Waals surface area contributed by atoms with Gasteiger partial charge in [-0.3, -0.25) is 14.8 Å². The van der Waals surface area contributed by atoms with Crippen LogP contribution in [0.5, 0.6) is 0 Å². The molecule has 208 valence electrons. The summed E-state index contributed by atoms with van der Waals surface area (Å²) in [6, 6.07) is 14.0. The highest BCUT2D eigenvalue weighted by Gasteiger charge is 2.30. The Morgan fingerprint density at radius 1 is 1.18 bits per heavy atom. The maximum absolute atomic E-state index is 14.9. The lowest BCUT2D eigenvalue weighted by Gasteiger charge is -2.29. The molecule has 0 radical (unpaired) electrons. The number of aliphatic hydroxyl groups is 1. The molecule has 40 heavy (non-hydrogen) atoms. The molecule has 5 rings (SSSR count). The van der Waals surface area contributed by atoms with Crippen molar-refractivity contribution in [1.29, 1.82) is 0 Å². The summed E-state index contributed by atoms with van der Waals surface area (Å²) in [5.74, 6) is -2.28. The molecule has 5 N–H and O–H groups in total. The molecule has 0 saturated carbocycles. The molecule has 1 saturated heterocycles. The molecular formula is C30H31F2N5O3. The van der Waals surface area contributed by atoms with Crippen molar-refractivity contribution in [2.75, 3.05) is 25.1 Å². The van der Waals surface area contributed by atoms with E-state index in [2.05, 4.69) is 20.6 Å². The fourth-order valence-electron chi connectivity index (χ4n) is 5.14. The second-order valence-corrected chi connectivity index (χ2v) is 9.89. The van der Waals surface area contributed by atoms with Gasteiger partial charge >= 0.3 is 0 Å². The van der Waals surface area contributed by atoms with E-state index in [-0.39, 0.29) is 30.9 Å². The van der Waals surface area contributed by atoms with E-state index in [0.29, 0.717) is 30.7 Å². The van der Waals surface area contributed by atoms with Gasteiger partial charge in [-0.1, -0.05) is 30.3 Å². The minimum Gasteiger partial charge on any atom is -0.395 e. The van der Waals surface area contributed by atoms with Gasteiger partial charge in [-0.05, 0) is 48.2 Å². The highest BCUT2D eigenvalue weighted by atomic mass is 19.1. The molecule has 1 aliphatic rings. The molecule has 1 aliphatic heterocycles. The highest BCUT2D eigenvalue weighted by Crippen LogP contribution is 2.33. The SMILES string of the molecule is N[C@@H](C(=O)Nc1cncc(F)c1CC[C@@H]1CN[C@H](CO)CO1)[C@@H](c1cccc(F)c1)c1ccnc2ccccc12. The van der Waals surface area contributed by atoms with E-state index in [9.17, 15) is 18.7 Å². The predicted molar refractivity (Wildman–Crippen MR) is 148 cm³/mol. The molecule has 4 aromatic rings. The molecule has 0 aliphatic carbocycles. The average molecular weight is 548 g/mol. The van der Waals surface area contributed by atoms with Crippen LogP contribution in [0.1, 0.15) is 29.0 Å². The number of aromatic nitrogens is 2. The number of para-hydroxylation sites is 1. The minimum atomic E-state index is -1.15. The number of nitrogens with one attached hydrogen (secondary N) is 2. The van der Waals surface area contributed by atoms with E-state index in [0.717, 1.165) is 22.7 Å². The smallest absolute Gasteiger partial charge is 0.242 e. The number of carbonyl (C=O) groups is 1. The highest BCUT2D eigenvalue weighted by molar-refractivity contribution is 5.97. The van der Waals surface area contributed by atoms with Gasteiger partial charge in [-0.2, -0.15) is 0 Å². The van der Waals surface area contributed by atoms with Crippen LogP contribution in [0, 0.1) is 11.6 Å². The first-order chi connectivity index (χ1) is 19.4. The van der Waals surface area contributed by atoms with Gasteiger partial charge < -0.3 is 26.2 Å². The van der Waals surface area contributed by atoms with Crippen LogP contribution >= 0.6 is 0 Å². The second kappa shape index (κ2) is 12.6. The molecule has 2 aromatic heterocycles. The molecule has 4 atom stereocenters. The summed E-state index contributed by atoms with van der Waals surface area (Å²) in [6.45, 7) is 0.872. The summed E-state index contributed by atoms with van der Waals surface area (Å²) in [4.78, 5) is 21.9. The number of morpholine rings is 1. The molecule has 3 heterocycles. The standard InChI is InChI=1S/C30H31F2N5O3/c31-19-5-3-4-18(12-19)28(23-10-11-35-26-7-2-1-6-22(23)26)29(33)30(39)37-27-15-34-14-25(32)24(27)9-8-21-13-36-20(16-38)17-40-21/h1-7,10-12,14-15,20-21,28-29,36,38H,8-9,13,16-17,33H2,(H,37,39)/t20-,21-,28+,29-/m1/s1. The van der Waals surface area contributed by atoms with Gasteiger partial charge in [0.1, 0.15) is 11.6 Å². The summed E-state index contributed by atoms with van der Waals surface area (Å²) >= 11 is 0. The van der Waals surface area contributed by atoms with Gasteiger partial charge in [0.05, 0.1) is 55.0 Å². The van der Waals surface area contributed by atoms with Crippen LogP contribution in [0.3, 0.4) is 0 Å². The van der Waals surface area contributed by atoms with Gasteiger partial charge in [0.15, 0.2) is 0 Å². The number of hydrogen-bond donors (Lipinski definition) is 4. The number of hydrogen-bond acceptors (Lipinski definition) is 7. The molecule has 10 heteroatoms. The summed E-state index contributed by atoms with van der Waals surface area (Å²) < 4.78 is 35.0. The number of carbonyl (C=O) groups excluding carboxylic acids is 1. The van der Waals surface area contributed by atoms with Crippen molar-refractivity contribution in [2.45, 2.75) is 36.9 Å². The number of amides is 1. The molecule has 1 amide bonds. The van der Waals surface area contributed by atoms with Gasteiger partial charge in [-0.25, -0.2) is 8.78 Å². The van der Waals surface area contributed by atoms with E-state index >= 15 is 0 Å². The molecule has 0 unspecified atom stereocenters. The number of pyridine rings is 2. The topological polar surface area (TPSA) is 122 Å². The van der Waals surface area contributed by atoms with Crippen molar-refractivity contribution in [3.05, 3.63) is 102 Å². The van der Waals surface area contributed by atoms with Crippen LogP contribution < -0.4 is 16.4 Å². The number of anilines is 1. The van der Waals surface area contributed by atoms with Crippen LogP contribution in [-0.4, -0.2) is 58.9 Å². The van der Waals surface area contributed by atoms with Gasteiger partial charge in [0.25, 0.3) is 0 Å². The Morgan fingerprint density at radius 2 is 2.02 bits per heavy atom. The summed E-state index contributed by atoms with van der Waals surface area (Å²) in [6.07, 6.45) is 4.75. The largest absolute Gasteiger partial charge is 0.395 e. The van der Waals surface area contributed by atoms with E-state index < -0.39 is 29.5 Å². The van der Waals surface area contributed by atoms with Crippen LogP contribution in [0.4, 0.5) is 14.5 Å². The van der Waals surface area contributed by atoms with Crippen molar-refractivity contribution in [2.24, 2.45) is 5.73 Å². The van der Waals surface area contributed by atoms with Gasteiger partial charge in [-0.15, -0.1) is 0 Å². The number of ether oxygens (including phenoxy) is 1. The zero-order valence-corrected chi connectivity index (χ0v) is 21.8. The van der Waals surface area contributed by atoms with Crippen LogP contribution in [0.15, 0.2) is 73.2 Å². The quantitative estimate of drug-likeness (QED) is 0.254. The van der Waals surface area contributed by atoms with E-state index in [1.54, 1.807) is 24.4 Å². The Hall–Kier alpha value is -3.83. The molecule has 0 bridgehead atoms. The predicted octanol–water partition coefficient (Wildman–Crippen LogP) is 3.29. The number of aliphatic hydroxyl groups excluding tert-OH is 1. The number of nitrogens with two attached hydrogens (primary N) is 1. The Morgan fingerprint density at radius 3 is 2.80 bits per heavy atom.